The molecule has 1 aliphatic rings. The normalized spacial score (nSPS) is 18.1. The lowest BCUT2D eigenvalue weighted by Gasteiger charge is -2.26. The van der Waals surface area contributed by atoms with Gasteiger partial charge in [0.2, 0.25) is 0 Å². The van der Waals surface area contributed by atoms with Crippen molar-refractivity contribution in [1.29, 1.82) is 0 Å². The van der Waals surface area contributed by atoms with Crippen LogP contribution in [-0.4, -0.2) is 60.4 Å². The molecule has 0 aliphatic carbocycles. The Morgan fingerprint density at radius 2 is 1.81 bits per heavy atom. The van der Waals surface area contributed by atoms with Crippen LogP contribution < -0.4 is 4.74 Å². The second kappa shape index (κ2) is 10.0. The Kier molecular flexibility index (Phi) is 7.36. The lowest BCUT2D eigenvalue weighted by Crippen LogP contribution is -2.35. The molecule has 0 aromatic heterocycles. The van der Waals surface area contributed by atoms with Gasteiger partial charge in [-0.15, -0.1) is 0 Å². The molecule has 6 nitrogen and oxygen atoms in total. The summed E-state index contributed by atoms with van der Waals surface area (Å²) in [5, 5.41) is 11.1. The maximum Gasteiger partial charge on any atom is 0.295 e. The van der Waals surface area contributed by atoms with Crippen LogP contribution in [0.1, 0.15) is 36.6 Å². The van der Waals surface area contributed by atoms with Gasteiger partial charge in [0.15, 0.2) is 0 Å². The number of nitrogens with zero attached hydrogens (tertiary/aromatic N) is 2. The van der Waals surface area contributed by atoms with E-state index >= 15 is 0 Å². The largest absolute Gasteiger partial charge is 0.507 e. The van der Waals surface area contributed by atoms with Gasteiger partial charge in [-0.3, -0.25) is 9.59 Å². The zero-order valence-electron chi connectivity index (χ0n) is 19.5. The number of carbonyl (C=O) groups excluding carboxylic acids is 2. The number of ether oxygens (including phenoxy) is 1. The van der Waals surface area contributed by atoms with Crippen LogP contribution >= 0.6 is 0 Å². The van der Waals surface area contributed by atoms with Crippen LogP contribution in [0.4, 0.5) is 0 Å². The molecule has 1 amide bonds. The third-order valence-electron chi connectivity index (χ3n) is 5.40. The number of Topliss-reactive ketones (excluding diaryl/α,β-unsaturated/α-hetero) is 1. The zero-order chi connectivity index (χ0) is 23.4. The van der Waals surface area contributed by atoms with Crippen LogP contribution in [0.3, 0.4) is 0 Å². The Hall–Kier alpha value is -3.12. The molecule has 2 aromatic carbocycles. The van der Waals surface area contributed by atoms with Gasteiger partial charge in [-0.1, -0.05) is 43.7 Å². The van der Waals surface area contributed by atoms with Gasteiger partial charge in [0.25, 0.3) is 11.7 Å². The van der Waals surface area contributed by atoms with E-state index in [0.29, 0.717) is 36.9 Å². The molecule has 0 bridgehead atoms. The number of aryl methyl sites for hydroxylation is 1. The topological polar surface area (TPSA) is 70.1 Å². The van der Waals surface area contributed by atoms with E-state index in [0.717, 1.165) is 11.1 Å². The van der Waals surface area contributed by atoms with Gasteiger partial charge in [-0.05, 0) is 56.8 Å². The van der Waals surface area contributed by atoms with Gasteiger partial charge in [0.1, 0.15) is 11.5 Å². The molecule has 170 valence electrons. The number of likely N-dealkylation sites (tertiary alicyclic amines) is 1. The third-order valence-corrected chi connectivity index (χ3v) is 5.40. The molecular formula is C26H32N2O4. The van der Waals surface area contributed by atoms with Crippen molar-refractivity contribution in [3.8, 4) is 5.75 Å². The van der Waals surface area contributed by atoms with E-state index in [9.17, 15) is 14.7 Å². The number of likely N-dealkylation sites (N-methyl/N-ethyl adjacent to an activating group) is 1. The number of ketones is 1. The highest BCUT2D eigenvalue weighted by Gasteiger charge is 2.45. The van der Waals surface area contributed by atoms with Crippen LogP contribution in [0.25, 0.3) is 5.76 Å². The molecule has 1 heterocycles. The predicted octanol–water partition coefficient (Wildman–Crippen LogP) is 4.01. The number of aliphatic hydroxyl groups excluding tert-OH is 1. The average molecular weight is 437 g/mol. The van der Waals surface area contributed by atoms with Gasteiger partial charge < -0.3 is 19.6 Å². The van der Waals surface area contributed by atoms with Gasteiger partial charge >= 0.3 is 0 Å². The van der Waals surface area contributed by atoms with Crippen molar-refractivity contribution in [2.75, 3.05) is 33.8 Å². The zero-order valence-corrected chi connectivity index (χ0v) is 19.5. The number of hydrogen-bond donors (Lipinski definition) is 1. The molecule has 1 atom stereocenters. The van der Waals surface area contributed by atoms with Crippen molar-refractivity contribution in [3.63, 3.8) is 0 Å². The minimum absolute atomic E-state index is 0.121. The molecule has 1 saturated heterocycles. The smallest absolute Gasteiger partial charge is 0.295 e. The Morgan fingerprint density at radius 3 is 2.41 bits per heavy atom. The highest BCUT2D eigenvalue weighted by Crippen LogP contribution is 2.39. The van der Waals surface area contributed by atoms with E-state index in [1.807, 2.05) is 50.2 Å². The average Bonchev–Trinajstić information content (AvgIpc) is 3.01. The number of benzene rings is 2. The molecule has 32 heavy (non-hydrogen) atoms. The first-order valence-electron chi connectivity index (χ1n) is 10.9. The van der Waals surface area contributed by atoms with E-state index in [1.165, 1.54) is 0 Å². The monoisotopic (exact) mass is 436 g/mol. The minimum Gasteiger partial charge on any atom is -0.507 e. The molecule has 0 spiro atoms. The Labute approximate surface area is 190 Å². The second-order valence-electron chi connectivity index (χ2n) is 8.94. The highest BCUT2D eigenvalue weighted by atomic mass is 16.5. The van der Waals surface area contributed by atoms with E-state index < -0.39 is 17.7 Å². The van der Waals surface area contributed by atoms with Crippen LogP contribution in [0, 0.1) is 12.8 Å². The first-order valence-corrected chi connectivity index (χ1v) is 10.9. The molecule has 1 N–H and O–H groups in total. The lowest BCUT2D eigenvalue weighted by atomic mass is 9.94. The van der Waals surface area contributed by atoms with Gasteiger partial charge in [0, 0.05) is 18.7 Å². The third kappa shape index (κ3) is 5.19. The highest BCUT2D eigenvalue weighted by molar-refractivity contribution is 6.46. The molecule has 0 saturated carbocycles. The number of amides is 1. The first kappa shape index (κ1) is 23.5. The summed E-state index contributed by atoms with van der Waals surface area (Å²) in [6, 6.07) is 14.0. The number of rotatable bonds is 8. The van der Waals surface area contributed by atoms with Gasteiger partial charge in [-0.25, -0.2) is 0 Å². The summed E-state index contributed by atoms with van der Waals surface area (Å²) in [6.45, 7) is 7.69. The van der Waals surface area contributed by atoms with Crippen LogP contribution in [-0.2, 0) is 9.59 Å². The molecule has 3 rings (SSSR count). The van der Waals surface area contributed by atoms with E-state index in [1.54, 1.807) is 29.2 Å². The van der Waals surface area contributed by atoms with Crippen molar-refractivity contribution in [3.05, 3.63) is 70.8 Å². The van der Waals surface area contributed by atoms with Crippen molar-refractivity contribution < 1.29 is 19.4 Å². The first-order chi connectivity index (χ1) is 15.2. The summed E-state index contributed by atoms with van der Waals surface area (Å²) in [7, 11) is 3.84. The molecule has 1 unspecified atom stereocenters. The quantitative estimate of drug-likeness (QED) is 0.385. The fraction of sp³-hybridized carbons (Fsp3) is 0.385. The molecule has 1 fully saturated rings. The fourth-order valence-corrected chi connectivity index (χ4v) is 3.73. The Morgan fingerprint density at radius 1 is 1.12 bits per heavy atom. The molecule has 6 heteroatoms. The molecule has 2 aromatic rings. The second-order valence-corrected chi connectivity index (χ2v) is 8.94. The van der Waals surface area contributed by atoms with Crippen molar-refractivity contribution in [1.82, 2.24) is 9.80 Å². The van der Waals surface area contributed by atoms with Crippen molar-refractivity contribution in [2.24, 2.45) is 5.92 Å². The summed E-state index contributed by atoms with van der Waals surface area (Å²) in [5.41, 5.74) is 2.43. The summed E-state index contributed by atoms with van der Waals surface area (Å²) < 4.78 is 5.71. The predicted molar refractivity (Wildman–Crippen MR) is 126 cm³/mol. The fourth-order valence-electron chi connectivity index (χ4n) is 3.73. The van der Waals surface area contributed by atoms with E-state index in [4.69, 9.17) is 4.74 Å². The van der Waals surface area contributed by atoms with E-state index in [2.05, 4.69) is 13.8 Å². The lowest BCUT2D eigenvalue weighted by molar-refractivity contribution is -0.140. The van der Waals surface area contributed by atoms with Gasteiger partial charge in [0.05, 0.1) is 18.2 Å². The van der Waals surface area contributed by atoms with Crippen LogP contribution in [0.15, 0.2) is 54.1 Å². The van der Waals surface area contributed by atoms with Crippen molar-refractivity contribution in [2.45, 2.75) is 26.8 Å². The molecule has 1 aliphatic heterocycles. The Balaban J connectivity index is 2.03. The summed E-state index contributed by atoms with van der Waals surface area (Å²) in [4.78, 5) is 29.5. The van der Waals surface area contributed by atoms with Crippen LogP contribution in [0.5, 0.6) is 5.75 Å². The number of carbonyl (C=O) groups is 2. The summed E-state index contributed by atoms with van der Waals surface area (Å²) >= 11 is 0. The maximum atomic E-state index is 13.0. The minimum atomic E-state index is -0.659. The van der Waals surface area contributed by atoms with Gasteiger partial charge in [-0.2, -0.15) is 0 Å². The summed E-state index contributed by atoms with van der Waals surface area (Å²) in [5.74, 6) is -0.324. The molecule has 0 radical (unpaired) electrons. The summed E-state index contributed by atoms with van der Waals surface area (Å²) in [6.07, 6.45) is 0. The number of hydrogen-bond acceptors (Lipinski definition) is 5. The standard InChI is InChI=1S/C26H32N2O4/c1-17(2)16-32-21-11-9-19(10-12-21)24(29)22-23(20-8-6-7-18(3)15-20)28(14-13-27(4)5)26(31)25(22)30/h6-12,15,17,23,29H,13-14,16H2,1-5H3/b24-22-. The van der Waals surface area contributed by atoms with Crippen LogP contribution in [0.2, 0.25) is 0 Å². The maximum absolute atomic E-state index is 13.0. The Bertz CT molecular complexity index is 1010. The SMILES string of the molecule is Cc1cccc(C2/C(=C(/O)c3ccc(OCC(C)C)cc3)C(=O)C(=O)N2CCN(C)C)c1. The van der Waals surface area contributed by atoms with Crippen molar-refractivity contribution >= 4 is 17.4 Å². The molecular weight excluding hydrogens is 404 g/mol. The van der Waals surface area contributed by atoms with E-state index in [-0.39, 0.29) is 11.3 Å². The number of aliphatic hydroxyl groups is 1.